The highest BCUT2D eigenvalue weighted by molar-refractivity contribution is 6.00. The maximum atomic E-state index is 12.1. The highest BCUT2D eigenvalue weighted by Gasteiger charge is 2.09. The van der Waals surface area contributed by atoms with Crippen LogP contribution in [0.15, 0.2) is 42.5 Å². The fourth-order valence-corrected chi connectivity index (χ4v) is 2.14. The Kier molecular flexibility index (Phi) is 5.46. The molecule has 2 aromatic carbocycles. The zero-order valence-corrected chi connectivity index (χ0v) is 13.8. The molecule has 5 nitrogen and oxygen atoms in total. The molecule has 0 heterocycles. The molecule has 0 saturated heterocycles. The average molecular weight is 314 g/mol. The SMILES string of the molecule is COc1ccc(NC(=O)Nc2ccc(C(C)C)cc2)c(OC)c1. The lowest BCUT2D eigenvalue weighted by Gasteiger charge is -2.13. The van der Waals surface area contributed by atoms with Crippen molar-refractivity contribution in [2.24, 2.45) is 0 Å². The van der Waals surface area contributed by atoms with E-state index in [-0.39, 0.29) is 6.03 Å². The summed E-state index contributed by atoms with van der Waals surface area (Å²) in [4.78, 5) is 12.1. The van der Waals surface area contributed by atoms with Crippen LogP contribution < -0.4 is 20.1 Å². The molecule has 2 aromatic rings. The number of carbonyl (C=O) groups is 1. The molecule has 0 unspecified atom stereocenters. The number of rotatable bonds is 5. The van der Waals surface area contributed by atoms with Gasteiger partial charge < -0.3 is 20.1 Å². The number of benzene rings is 2. The molecule has 0 spiro atoms. The van der Waals surface area contributed by atoms with Crippen molar-refractivity contribution in [3.05, 3.63) is 48.0 Å². The molecule has 0 fully saturated rings. The lowest BCUT2D eigenvalue weighted by molar-refractivity contribution is 0.262. The summed E-state index contributed by atoms with van der Waals surface area (Å²) in [6.45, 7) is 4.26. The molecule has 2 rings (SSSR count). The van der Waals surface area contributed by atoms with Crippen molar-refractivity contribution in [1.82, 2.24) is 0 Å². The number of ether oxygens (including phenoxy) is 2. The molecule has 0 aliphatic carbocycles. The normalized spacial score (nSPS) is 10.3. The molecule has 0 aromatic heterocycles. The Balaban J connectivity index is 2.04. The number of hydrogen-bond donors (Lipinski definition) is 2. The highest BCUT2D eigenvalue weighted by Crippen LogP contribution is 2.29. The van der Waals surface area contributed by atoms with Gasteiger partial charge in [-0.3, -0.25) is 0 Å². The van der Waals surface area contributed by atoms with Crippen LogP contribution in [0, 0.1) is 0 Å². The predicted octanol–water partition coefficient (Wildman–Crippen LogP) is 4.47. The number of hydrogen-bond acceptors (Lipinski definition) is 3. The van der Waals surface area contributed by atoms with Crippen LogP contribution in [0.1, 0.15) is 25.3 Å². The Bertz CT molecular complexity index is 666. The summed E-state index contributed by atoms with van der Waals surface area (Å²) < 4.78 is 10.4. The topological polar surface area (TPSA) is 59.6 Å². The molecular formula is C18H22N2O3. The highest BCUT2D eigenvalue weighted by atomic mass is 16.5. The summed E-state index contributed by atoms with van der Waals surface area (Å²) in [6.07, 6.45) is 0. The van der Waals surface area contributed by atoms with E-state index in [9.17, 15) is 4.79 Å². The first-order valence-electron chi connectivity index (χ1n) is 7.43. The number of urea groups is 1. The van der Waals surface area contributed by atoms with Crippen LogP contribution in [-0.2, 0) is 0 Å². The maximum Gasteiger partial charge on any atom is 0.323 e. The fourth-order valence-electron chi connectivity index (χ4n) is 2.14. The number of methoxy groups -OCH3 is 2. The Labute approximate surface area is 136 Å². The average Bonchev–Trinajstić information content (AvgIpc) is 2.55. The Morgan fingerprint density at radius 3 is 2.22 bits per heavy atom. The summed E-state index contributed by atoms with van der Waals surface area (Å²) in [7, 11) is 3.12. The minimum atomic E-state index is -0.328. The number of amides is 2. The summed E-state index contributed by atoms with van der Waals surface area (Å²) in [5.41, 5.74) is 2.54. The molecule has 0 aliphatic heterocycles. The van der Waals surface area contributed by atoms with Crippen LogP contribution in [0.25, 0.3) is 0 Å². The van der Waals surface area contributed by atoms with Gasteiger partial charge in [-0.05, 0) is 35.7 Å². The van der Waals surface area contributed by atoms with E-state index < -0.39 is 0 Å². The summed E-state index contributed by atoms with van der Waals surface area (Å²) in [6, 6.07) is 12.7. The molecular weight excluding hydrogens is 292 g/mol. The van der Waals surface area contributed by atoms with Gasteiger partial charge in [0.15, 0.2) is 0 Å². The van der Waals surface area contributed by atoms with E-state index in [1.807, 2.05) is 24.3 Å². The number of anilines is 2. The minimum absolute atomic E-state index is 0.328. The maximum absolute atomic E-state index is 12.1. The van der Waals surface area contributed by atoms with Crippen LogP contribution in [0.5, 0.6) is 11.5 Å². The van der Waals surface area contributed by atoms with Gasteiger partial charge in [0, 0.05) is 11.8 Å². The standard InChI is InChI=1S/C18H22N2O3/c1-12(2)13-5-7-14(8-6-13)19-18(21)20-16-10-9-15(22-3)11-17(16)23-4/h5-12H,1-4H3,(H2,19,20,21). The van der Waals surface area contributed by atoms with Crippen molar-refractivity contribution in [2.75, 3.05) is 24.9 Å². The van der Waals surface area contributed by atoms with Gasteiger partial charge in [-0.1, -0.05) is 26.0 Å². The summed E-state index contributed by atoms with van der Waals surface area (Å²) in [5, 5.41) is 5.57. The second kappa shape index (κ2) is 7.54. The molecule has 0 aliphatic rings. The van der Waals surface area contributed by atoms with E-state index in [0.29, 0.717) is 23.1 Å². The lowest BCUT2D eigenvalue weighted by atomic mass is 10.0. The van der Waals surface area contributed by atoms with E-state index >= 15 is 0 Å². The van der Waals surface area contributed by atoms with Gasteiger partial charge in [-0.25, -0.2) is 4.79 Å². The van der Waals surface area contributed by atoms with Gasteiger partial charge >= 0.3 is 6.03 Å². The van der Waals surface area contributed by atoms with Crippen molar-refractivity contribution < 1.29 is 14.3 Å². The van der Waals surface area contributed by atoms with E-state index in [4.69, 9.17) is 9.47 Å². The van der Waals surface area contributed by atoms with Crippen LogP contribution >= 0.6 is 0 Å². The van der Waals surface area contributed by atoms with Crippen molar-refractivity contribution in [1.29, 1.82) is 0 Å². The Hall–Kier alpha value is -2.69. The fraction of sp³-hybridized carbons (Fsp3) is 0.278. The third-order valence-electron chi connectivity index (χ3n) is 3.49. The summed E-state index contributed by atoms with van der Waals surface area (Å²) >= 11 is 0. The van der Waals surface area contributed by atoms with E-state index in [1.54, 1.807) is 32.4 Å². The molecule has 122 valence electrons. The Morgan fingerprint density at radius 2 is 1.65 bits per heavy atom. The van der Waals surface area contributed by atoms with Crippen molar-refractivity contribution >= 4 is 17.4 Å². The molecule has 0 atom stereocenters. The van der Waals surface area contributed by atoms with Crippen LogP contribution in [0.3, 0.4) is 0 Å². The van der Waals surface area contributed by atoms with E-state index in [1.165, 1.54) is 5.56 Å². The van der Waals surface area contributed by atoms with Gasteiger partial charge in [-0.15, -0.1) is 0 Å². The Morgan fingerprint density at radius 1 is 0.957 bits per heavy atom. The van der Waals surface area contributed by atoms with Crippen LogP contribution in [-0.4, -0.2) is 20.3 Å². The van der Waals surface area contributed by atoms with Crippen molar-refractivity contribution in [3.63, 3.8) is 0 Å². The zero-order chi connectivity index (χ0) is 16.8. The third kappa shape index (κ3) is 4.39. The van der Waals surface area contributed by atoms with Gasteiger partial charge in [0.05, 0.1) is 19.9 Å². The quantitative estimate of drug-likeness (QED) is 0.856. The minimum Gasteiger partial charge on any atom is -0.497 e. The lowest BCUT2D eigenvalue weighted by Crippen LogP contribution is -2.19. The first-order chi connectivity index (χ1) is 11.0. The molecule has 0 bridgehead atoms. The molecule has 0 radical (unpaired) electrons. The molecule has 23 heavy (non-hydrogen) atoms. The smallest absolute Gasteiger partial charge is 0.323 e. The number of nitrogens with one attached hydrogen (secondary N) is 2. The zero-order valence-electron chi connectivity index (χ0n) is 13.8. The van der Waals surface area contributed by atoms with Crippen LogP contribution in [0.4, 0.5) is 16.2 Å². The van der Waals surface area contributed by atoms with Crippen LogP contribution in [0.2, 0.25) is 0 Å². The van der Waals surface area contributed by atoms with E-state index in [0.717, 1.165) is 5.69 Å². The first-order valence-corrected chi connectivity index (χ1v) is 7.43. The molecule has 5 heteroatoms. The third-order valence-corrected chi connectivity index (χ3v) is 3.49. The summed E-state index contributed by atoms with van der Waals surface area (Å²) in [5.74, 6) is 1.66. The molecule has 0 saturated carbocycles. The van der Waals surface area contributed by atoms with Gasteiger partial charge in [-0.2, -0.15) is 0 Å². The van der Waals surface area contributed by atoms with Gasteiger partial charge in [0.25, 0.3) is 0 Å². The van der Waals surface area contributed by atoms with Crippen molar-refractivity contribution in [2.45, 2.75) is 19.8 Å². The molecule has 2 amide bonds. The first kappa shape index (κ1) is 16.7. The predicted molar refractivity (Wildman–Crippen MR) is 92.7 cm³/mol. The van der Waals surface area contributed by atoms with E-state index in [2.05, 4.69) is 24.5 Å². The van der Waals surface area contributed by atoms with Crippen molar-refractivity contribution in [3.8, 4) is 11.5 Å². The second-order valence-corrected chi connectivity index (χ2v) is 5.42. The monoisotopic (exact) mass is 314 g/mol. The molecule has 2 N–H and O–H groups in total. The second-order valence-electron chi connectivity index (χ2n) is 5.42. The number of carbonyl (C=O) groups excluding carboxylic acids is 1. The van der Waals surface area contributed by atoms with Gasteiger partial charge in [0.1, 0.15) is 11.5 Å². The van der Waals surface area contributed by atoms with Gasteiger partial charge in [0.2, 0.25) is 0 Å². The largest absolute Gasteiger partial charge is 0.497 e.